The molecule has 2 aromatic rings. The van der Waals surface area contributed by atoms with E-state index in [1.807, 2.05) is 31.2 Å². The lowest BCUT2D eigenvalue weighted by Gasteiger charge is -2.30. The Morgan fingerprint density at radius 3 is 2.35 bits per heavy atom. The van der Waals surface area contributed by atoms with E-state index in [-0.39, 0.29) is 22.0 Å². The Labute approximate surface area is 207 Å². The standard InChI is InChI=1S/C25H31N3O4S2/c1-3-32-22-14-9-19(10-15-22)11-18-24(29)27-25(33)26-20-12-16-23(17-13-20)34(30,31)28(2)21-7-5-4-6-8-21/h9-18,21H,3-8H2,1-2H3,(H2,26,27,29,33)/b18-11+. The van der Waals surface area contributed by atoms with E-state index in [9.17, 15) is 13.2 Å². The quantitative estimate of drug-likeness (QED) is 0.407. The van der Waals surface area contributed by atoms with E-state index in [1.54, 1.807) is 37.4 Å². The number of carbonyl (C=O) groups excluding carboxylic acids is 1. The summed E-state index contributed by atoms with van der Waals surface area (Å²) in [6, 6.07) is 13.8. The Balaban J connectivity index is 1.53. The molecule has 0 heterocycles. The Morgan fingerprint density at radius 2 is 1.74 bits per heavy atom. The van der Waals surface area contributed by atoms with Gasteiger partial charge in [0.05, 0.1) is 11.5 Å². The lowest BCUT2D eigenvalue weighted by atomic mass is 9.96. The van der Waals surface area contributed by atoms with Gasteiger partial charge in [-0.25, -0.2) is 8.42 Å². The van der Waals surface area contributed by atoms with Gasteiger partial charge in [-0.15, -0.1) is 0 Å². The number of nitrogens with one attached hydrogen (secondary N) is 2. The summed E-state index contributed by atoms with van der Waals surface area (Å²) >= 11 is 5.20. The molecule has 1 aliphatic carbocycles. The van der Waals surface area contributed by atoms with Crippen molar-refractivity contribution in [3.63, 3.8) is 0 Å². The van der Waals surface area contributed by atoms with E-state index in [4.69, 9.17) is 17.0 Å². The van der Waals surface area contributed by atoms with Gasteiger partial charge >= 0.3 is 0 Å². The van der Waals surface area contributed by atoms with Crippen molar-refractivity contribution in [3.8, 4) is 5.75 Å². The van der Waals surface area contributed by atoms with Crippen LogP contribution in [0.5, 0.6) is 5.75 Å². The SMILES string of the molecule is CCOc1ccc(/C=C/C(=O)NC(=S)Nc2ccc(S(=O)(=O)N(C)C3CCCCC3)cc2)cc1. The second-order valence-corrected chi connectivity index (χ2v) is 10.5. The smallest absolute Gasteiger partial charge is 0.250 e. The highest BCUT2D eigenvalue weighted by Gasteiger charge is 2.28. The number of benzene rings is 2. The molecule has 34 heavy (non-hydrogen) atoms. The molecule has 0 aromatic heterocycles. The topological polar surface area (TPSA) is 87.7 Å². The number of thiocarbonyl (C=S) groups is 1. The van der Waals surface area contributed by atoms with E-state index in [1.165, 1.54) is 16.8 Å². The minimum absolute atomic E-state index is 0.0509. The van der Waals surface area contributed by atoms with Gasteiger partial charge in [0.15, 0.2) is 5.11 Å². The highest BCUT2D eigenvalue weighted by atomic mass is 32.2. The second-order valence-electron chi connectivity index (χ2n) is 8.12. The van der Waals surface area contributed by atoms with Crippen LogP contribution in [0.4, 0.5) is 5.69 Å². The summed E-state index contributed by atoms with van der Waals surface area (Å²) in [5, 5.41) is 5.61. The maximum Gasteiger partial charge on any atom is 0.250 e. The first-order chi connectivity index (χ1) is 16.3. The molecule has 2 aromatic carbocycles. The van der Waals surface area contributed by atoms with E-state index in [2.05, 4.69) is 10.6 Å². The van der Waals surface area contributed by atoms with Crippen LogP contribution >= 0.6 is 12.2 Å². The molecular weight excluding hydrogens is 470 g/mol. The molecule has 9 heteroatoms. The number of nitrogens with zero attached hydrogens (tertiary/aromatic N) is 1. The predicted molar refractivity (Wildman–Crippen MR) is 139 cm³/mol. The highest BCUT2D eigenvalue weighted by Crippen LogP contribution is 2.27. The van der Waals surface area contributed by atoms with Gasteiger partial charge in [-0.3, -0.25) is 10.1 Å². The number of rotatable bonds is 8. The first-order valence-electron chi connectivity index (χ1n) is 11.4. The normalized spacial score (nSPS) is 14.8. The third kappa shape index (κ3) is 7.12. The summed E-state index contributed by atoms with van der Waals surface area (Å²) in [7, 11) is -1.90. The minimum atomic E-state index is -3.56. The zero-order chi connectivity index (χ0) is 24.6. The molecule has 0 saturated heterocycles. The van der Waals surface area contributed by atoms with Gasteiger partial charge < -0.3 is 10.1 Å². The van der Waals surface area contributed by atoms with Crippen molar-refractivity contribution < 1.29 is 17.9 Å². The average Bonchev–Trinajstić information content (AvgIpc) is 2.84. The molecular formula is C25H31N3O4S2. The molecule has 0 spiro atoms. The van der Waals surface area contributed by atoms with Crippen molar-refractivity contribution in [1.29, 1.82) is 0 Å². The fourth-order valence-electron chi connectivity index (χ4n) is 3.85. The second kappa shape index (κ2) is 12.1. The van der Waals surface area contributed by atoms with Gasteiger partial charge in [-0.05, 0) is 80.0 Å². The number of amides is 1. The molecule has 1 fully saturated rings. The first-order valence-corrected chi connectivity index (χ1v) is 13.3. The molecule has 0 bridgehead atoms. The van der Waals surface area contributed by atoms with Crippen LogP contribution in [0, 0.1) is 0 Å². The van der Waals surface area contributed by atoms with Crippen molar-refractivity contribution in [3.05, 3.63) is 60.2 Å². The summed E-state index contributed by atoms with van der Waals surface area (Å²) in [5.41, 5.74) is 1.44. The van der Waals surface area contributed by atoms with Gasteiger partial charge in [0.2, 0.25) is 15.9 Å². The zero-order valence-corrected chi connectivity index (χ0v) is 21.1. The molecule has 2 N–H and O–H groups in total. The van der Waals surface area contributed by atoms with Crippen molar-refractivity contribution in [2.45, 2.75) is 50.0 Å². The van der Waals surface area contributed by atoms with Crippen LogP contribution < -0.4 is 15.4 Å². The number of sulfonamides is 1. The Bertz CT molecular complexity index is 1110. The minimum Gasteiger partial charge on any atom is -0.494 e. The maximum atomic E-state index is 13.0. The Morgan fingerprint density at radius 1 is 1.09 bits per heavy atom. The molecule has 1 aliphatic rings. The van der Waals surface area contributed by atoms with Crippen molar-refractivity contribution in [2.75, 3.05) is 19.0 Å². The van der Waals surface area contributed by atoms with Gasteiger partial charge in [0.1, 0.15) is 5.75 Å². The summed E-state index contributed by atoms with van der Waals surface area (Å²) in [4.78, 5) is 12.4. The summed E-state index contributed by atoms with van der Waals surface area (Å²) in [6.07, 6.45) is 8.15. The monoisotopic (exact) mass is 501 g/mol. The summed E-state index contributed by atoms with van der Waals surface area (Å²) in [6.45, 7) is 2.51. The molecule has 0 unspecified atom stereocenters. The number of hydrogen-bond donors (Lipinski definition) is 2. The highest BCUT2D eigenvalue weighted by molar-refractivity contribution is 7.89. The van der Waals surface area contributed by atoms with Crippen LogP contribution in [0.3, 0.4) is 0 Å². The van der Waals surface area contributed by atoms with Crippen LogP contribution in [0.1, 0.15) is 44.6 Å². The molecule has 7 nitrogen and oxygen atoms in total. The molecule has 0 radical (unpaired) electrons. The van der Waals surface area contributed by atoms with Gasteiger partial charge in [-0.1, -0.05) is 31.4 Å². The van der Waals surface area contributed by atoms with Crippen molar-refractivity contribution in [1.82, 2.24) is 9.62 Å². The molecule has 1 amide bonds. The maximum absolute atomic E-state index is 13.0. The average molecular weight is 502 g/mol. The third-order valence-electron chi connectivity index (χ3n) is 5.73. The number of anilines is 1. The summed E-state index contributed by atoms with van der Waals surface area (Å²) < 4.78 is 32.8. The number of carbonyl (C=O) groups is 1. The van der Waals surface area contributed by atoms with E-state index >= 15 is 0 Å². The van der Waals surface area contributed by atoms with E-state index < -0.39 is 10.0 Å². The fourth-order valence-corrected chi connectivity index (χ4v) is 5.48. The van der Waals surface area contributed by atoms with Crippen LogP contribution in [0.25, 0.3) is 6.08 Å². The Hall–Kier alpha value is -2.75. The number of ether oxygens (including phenoxy) is 1. The molecule has 3 rings (SSSR count). The van der Waals surface area contributed by atoms with Crippen LogP contribution in [0.2, 0.25) is 0 Å². The molecule has 182 valence electrons. The fraction of sp³-hybridized carbons (Fsp3) is 0.360. The molecule has 0 aliphatic heterocycles. The predicted octanol–water partition coefficient (Wildman–Crippen LogP) is 4.56. The number of hydrogen-bond acceptors (Lipinski definition) is 5. The lowest BCUT2D eigenvalue weighted by molar-refractivity contribution is -0.115. The summed E-state index contributed by atoms with van der Waals surface area (Å²) in [5.74, 6) is 0.397. The lowest BCUT2D eigenvalue weighted by Crippen LogP contribution is -2.38. The zero-order valence-electron chi connectivity index (χ0n) is 19.5. The van der Waals surface area contributed by atoms with Crippen LogP contribution in [-0.2, 0) is 14.8 Å². The van der Waals surface area contributed by atoms with Gasteiger partial charge in [-0.2, -0.15) is 4.31 Å². The van der Waals surface area contributed by atoms with Crippen molar-refractivity contribution in [2.24, 2.45) is 0 Å². The Kier molecular flexibility index (Phi) is 9.20. The van der Waals surface area contributed by atoms with Gasteiger partial charge in [0.25, 0.3) is 0 Å². The van der Waals surface area contributed by atoms with Crippen LogP contribution in [-0.4, -0.2) is 43.4 Å². The van der Waals surface area contributed by atoms with E-state index in [0.717, 1.165) is 37.0 Å². The van der Waals surface area contributed by atoms with Gasteiger partial charge in [0, 0.05) is 24.9 Å². The molecule has 1 saturated carbocycles. The first kappa shape index (κ1) is 25.9. The van der Waals surface area contributed by atoms with E-state index in [0.29, 0.717) is 12.3 Å². The third-order valence-corrected chi connectivity index (χ3v) is 7.86. The molecule has 0 atom stereocenters. The van der Waals surface area contributed by atoms with Crippen molar-refractivity contribution >= 4 is 45.0 Å². The largest absolute Gasteiger partial charge is 0.494 e. The van der Waals surface area contributed by atoms with Crippen LogP contribution in [0.15, 0.2) is 59.5 Å².